The van der Waals surface area contributed by atoms with E-state index < -0.39 is 0 Å². The van der Waals surface area contributed by atoms with E-state index in [9.17, 15) is 9.18 Å². The topological polar surface area (TPSA) is 37.7 Å². The lowest BCUT2D eigenvalue weighted by Crippen LogP contribution is -2.57. The molecule has 1 amide bonds. The highest BCUT2D eigenvalue weighted by atomic mass is 19.1. The van der Waals surface area contributed by atoms with Gasteiger partial charge in [-0.25, -0.2) is 4.39 Å². The Labute approximate surface area is 165 Å². The van der Waals surface area contributed by atoms with Crippen molar-refractivity contribution < 1.29 is 13.9 Å². The van der Waals surface area contributed by atoms with Gasteiger partial charge in [0.2, 0.25) is 0 Å². The van der Waals surface area contributed by atoms with Crippen LogP contribution in [0.4, 0.5) is 4.39 Å². The molecule has 4 rings (SSSR count). The second kappa shape index (κ2) is 7.68. The normalized spacial score (nSPS) is 19.9. The number of aryl methyl sites for hydroxylation is 2. The van der Waals surface area contributed by atoms with Gasteiger partial charge in [0.05, 0.1) is 24.3 Å². The molecule has 0 atom stereocenters. The highest BCUT2D eigenvalue weighted by Crippen LogP contribution is 2.31. The molecule has 0 radical (unpaired) electrons. The maximum atomic E-state index is 13.6. The molecule has 2 aliphatic rings. The van der Waals surface area contributed by atoms with E-state index in [2.05, 4.69) is 4.90 Å². The lowest BCUT2D eigenvalue weighted by atomic mass is 9.88. The zero-order valence-corrected chi connectivity index (χ0v) is 16.7. The van der Waals surface area contributed by atoms with Crippen molar-refractivity contribution in [3.63, 3.8) is 0 Å². The summed E-state index contributed by atoms with van der Waals surface area (Å²) in [5, 5.41) is 0. The number of nitrogens with zero attached hydrogens (tertiary/aromatic N) is 3. The van der Waals surface area contributed by atoms with E-state index in [-0.39, 0.29) is 17.3 Å². The Balaban J connectivity index is 1.38. The van der Waals surface area contributed by atoms with E-state index in [1.807, 2.05) is 48.0 Å². The van der Waals surface area contributed by atoms with Crippen LogP contribution in [-0.4, -0.2) is 58.7 Å². The van der Waals surface area contributed by atoms with Crippen LogP contribution in [0.1, 0.15) is 34.3 Å². The molecular formula is C22H28FN3O2. The summed E-state index contributed by atoms with van der Waals surface area (Å²) < 4.78 is 21.7. The summed E-state index contributed by atoms with van der Waals surface area (Å²) in [5.41, 5.74) is 2.64. The number of aromatic nitrogens is 1. The van der Waals surface area contributed by atoms with Crippen molar-refractivity contribution in [2.24, 2.45) is 7.05 Å². The van der Waals surface area contributed by atoms with Gasteiger partial charge >= 0.3 is 0 Å². The van der Waals surface area contributed by atoms with E-state index in [4.69, 9.17) is 4.74 Å². The maximum Gasteiger partial charge on any atom is 0.255 e. The number of carbonyl (C=O) groups is 1. The molecule has 1 aromatic carbocycles. The van der Waals surface area contributed by atoms with Crippen molar-refractivity contribution in [1.82, 2.24) is 14.4 Å². The van der Waals surface area contributed by atoms with Crippen molar-refractivity contribution in [3.05, 3.63) is 59.2 Å². The number of hydrogen-bond acceptors (Lipinski definition) is 3. The second-order valence-corrected chi connectivity index (χ2v) is 8.17. The van der Waals surface area contributed by atoms with E-state index in [1.54, 1.807) is 6.07 Å². The van der Waals surface area contributed by atoms with Crippen LogP contribution >= 0.6 is 0 Å². The summed E-state index contributed by atoms with van der Waals surface area (Å²) in [6.07, 6.45) is 5.55. The molecule has 0 bridgehead atoms. The summed E-state index contributed by atoms with van der Waals surface area (Å²) in [4.78, 5) is 17.1. The molecule has 2 fully saturated rings. The number of halogens is 1. The van der Waals surface area contributed by atoms with E-state index in [0.29, 0.717) is 19.7 Å². The van der Waals surface area contributed by atoms with Crippen LogP contribution < -0.4 is 0 Å². The zero-order chi connectivity index (χ0) is 19.7. The van der Waals surface area contributed by atoms with Gasteiger partial charge in [-0.05, 0) is 49.1 Å². The Hall–Kier alpha value is -2.18. The Morgan fingerprint density at radius 1 is 1.21 bits per heavy atom. The minimum Gasteiger partial charge on any atom is -0.371 e. The third-order valence-electron chi connectivity index (χ3n) is 6.09. The highest BCUT2D eigenvalue weighted by molar-refractivity contribution is 5.94. The van der Waals surface area contributed by atoms with Crippen LogP contribution in [0.2, 0.25) is 0 Å². The van der Waals surface area contributed by atoms with Crippen LogP contribution in [-0.2, 0) is 18.3 Å². The zero-order valence-electron chi connectivity index (χ0n) is 16.7. The average Bonchev–Trinajstić information content (AvgIpc) is 3.12. The van der Waals surface area contributed by atoms with Crippen molar-refractivity contribution >= 4 is 5.91 Å². The van der Waals surface area contributed by atoms with Gasteiger partial charge in [0.1, 0.15) is 5.82 Å². The third-order valence-corrected chi connectivity index (χ3v) is 6.09. The van der Waals surface area contributed by atoms with Crippen LogP contribution in [0.25, 0.3) is 0 Å². The summed E-state index contributed by atoms with van der Waals surface area (Å²) in [6, 6.07) is 6.86. The second-order valence-electron chi connectivity index (χ2n) is 8.17. The number of hydrogen-bond donors (Lipinski definition) is 0. The first-order valence-corrected chi connectivity index (χ1v) is 9.97. The quantitative estimate of drug-likeness (QED) is 0.815. The summed E-state index contributed by atoms with van der Waals surface area (Å²) in [5.74, 6) is -0.0964. The molecule has 5 nitrogen and oxygen atoms in total. The summed E-state index contributed by atoms with van der Waals surface area (Å²) >= 11 is 0. The van der Waals surface area contributed by atoms with Gasteiger partial charge in [-0.1, -0.05) is 6.07 Å². The molecule has 2 aliphatic heterocycles. The fourth-order valence-electron chi connectivity index (χ4n) is 4.30. The standard InChI is InChI=1S/C22H28FN3O2/c1-17-3-4-20(23)13-19(17)15-25-9-6-22(7-10-25)16-26(11-12-28-22)21(27)18-5-8-24(2)14-18/h3-5,8,13-14H,6-7,9-12,15-16H2,1-2H3. The molecule has 0 unspecified atom stereocenters. The van der Waals surface area contributed by atoms with Gasteiger partial charge in [0.25, 0.3) is 5.91 Å². The van der Waals surface area contributed by atoms with E-state index in [0.717, 1.165) is 49.2 Å². The first kappa shape index (κ1) is 19.2. The number of amides is 1. The predicted octanol–water partition coefficient (Wildman–Crippen LogP) is 2.98. The van der Waals surface area contributed by atoms with Gasteiger partial charge < -0.3 is 14.2 Å². The molecule has 0 saturated carbocycles. The Bertz CT molecular complexity index is 855. The summed E-state index contributed by atoms with van der Waals surface area (Å²) in [6.45, 7) is 6.44. The fourth-order valence-corrected chi connectivity index (χ4v) is 4.30. The molecule has 1 aromatic heterocycles. The van der Waals surface area contributed by atoms with Gasteiger partial charge in [-0.15, -0.1) is 0 Å². The largest absolute Gasteiger partial charge is 0.371 e. The minimum absolute atomic E-state index is 0.0843. The van der Waals surface area contributed by atoms with Crippen LogP contribution in [0, 0.1) is 12.7 Å². The van der Waals surface area contributed by atoms with Crippen LogP contribution in [0.5, 0.6) is 0 Å². The molecule has 3 heterocycles. The molecule has 1 spiro atoms. The molecule has 150 valence electrons. The maximum absolute atomic E-state index is 13.6. The Kier molecular flexibility index (Phi) is 5.25. The predicted molar refractivity (Wildman–Crippen MR) is 106 cm³/mol. The number of ether oxygens (including phenoxy) is 1. The van der Waals surface area contributed by atoms with E-state index in [1.165, 1.54) is 6.07 Å². The van der Waals surface area contributed by atoms with Crippen molar-refractivity contribution in [2.45, 2.75) is 31.9 Å². The average molecular weight is 385 g/mol. The van der Waals surface area contributed by atoms with Crippen molar-refractivity contribution in [2.75, 3.05) is 32.8 Å². The number of benzene rings is 1. The number of carbonyl (C=O) groups excluding carboxylic acids is 1. The Morgan fingerprint density at radius 2 is 2.00 bits per heavy atom. The highest BCUT2D eigenvalue weighted by Gasteiger charge is 2.41. The first-order valence-electron chi connectivity index (χ1n) is 9.97. The van der Waals surface area contributed by atoms with Gasteiger partial charge in [-0.3, -0.25) is 9.69 Å². The minimum atomic E-state index is -0.254. The molecular weight excluding hydrogens is 357 g/mol. The number of morpholine rings is 1. The van der Waals surface area contributed by atoms with Crippen LogP contribution in [0.15, 0.2) is 36.7 Å². The molecule has 2 aromatic rings. The molecule has 28 heavy (non-hydrogen) atoms. The van der Waals surface area contributed by atoms with Crippen molar-refractivity contribution in [3.8, 4) is 0 Å². The number of piperidine rings is 1. The molecule has 0 aliphatic carbocycles. The number of rotatable bonds is 3. The lowest BCUT2D eigenvalue weighted by Gasteiger charge is -2.47. The van der Waals surface area contributed by atoms with Gasteiger partial charge in [0, 0.05) is 45.6 Å². The van der Waals surface area contributed by atoms with Gasteiger partial charge in [-0.2, -0.15) is 0 Å². The molecule has 6 heteroatoms. The third kappa shape index (κ3) is 3.98. The molecule has 0 N–H and O–H groups in total. The number of likely N-dealkylation sites (tertiary alicyclic amines) is 1. The smallest absolute Gasteiger partial charge is 0.255 e. The first-order chi connectivity index (χ1) is 13.4. The Morgan fingerprint density at radius 3 is 2.71 bits per heavy atom. The lowest BCUT2D eigenvalue weighted by molar-refractivity contribution is -0.127. The van der Waals surface area contributed by atoms with Gasteiger partial charge in [0.15, 0.2) is 0 Å². The summed E-state index contributed by atoms with van der Waals surface area (Å²) in [7, 11) is 1.92. The van der Waals surface area contributed by atoms with E-state index >= 15 is 0 Å². The van der Waals surface area contributed by atoms with Crippen LogP contribution in [0.3, 0.4) is 0 Å². The fraction of sp³-hybridized carbons (Fsp3) is 0.500. The molecule has 2 saturated heterocycles. The SMILES string of the molecule is Cc1ccc(F)cc1CN1CCC2(CC1)CN(C(=O)c1ccn(C)c1)CCO2. The van der Waals surface area contributed by atoms with Crippen molar-refractivity contribution in [1.29, 1.82) is 0 Å². The monoisotopic (exact) mass is 385 g/mol.